The maximum atomic E-state index is 9.23. The third kappa shape index (κ3) is 3.12. The van der Waals surface area contributed by atoms with Crippen molar-refractivity contribution in [3.63, 3.8) is 0 Å². The third-order valence-electron chi connectivity index (χ3n) is 2.84. The Labute approximate surface area is 112 Å². The first-order valence-corrected chi connectivity index (χ1v) is 5.98. The van der Waals surface area contributed by atoms with E-state index in [-0.39, 0.29) is 6.54 Å². The van der Waals surface area contributed by atoms with Gasteiger partial charge in [0.15, 0.2) is 0 Å². The summed E-state index contributed by atoms with van der Waals surface area (Å²) in [6.07, 6.45) is 0. The van der Waals surface area contributed by atoms with Crippen LogP contribution in [0, 0.1) is 17.9 Å². The van der Waals surface area contributed by atoms with Gasteiger partial charge < -0.3 is 10.2 Å². The standard InChI is InChI=1S/C16H13N3/c1-18-12-14-8-5-9-16(15(14)10-17)19-11-13-6-3-2-4-7-13/h2-9,19H,11-12H2. The minimum Gasteiger partial charge on any atom is -0.380 e. The summed E-state index contributed by atoms with van der Waals surface area (Å²) >= 11 is 0. The lowest BCUT2D eigenvalue weighted by atomic mass is 10.1. The molecule has 0 unspecified atom stereocenters. The number of hydrogen-bond donors (Lipinski definition) is 1. The topological polar surface area (TPSA) is 40.2 Å². The summed E-state index contributed by atoms with van der Waals surface area (Å²) in [5.74, 6) is 0. The molecule has 0 spiro atoms. The predicted octanol–water partition coefficient (Wildman–Crippen LogP) is 3.59. The van der Waals surface area contributed by atoms with Crippen molar-refractivity contribution in [3.05, 3.63) is 76.6 Å². The van der Waals surface area contributed by atoms with Crippen molar-refractivity contribution in [2.24, 2.45) is 0 Å². The van der Waals surface area contributed by atoms with Crippen LogP contribution in [0.2, 0.25) is 0 Å². The van der Waals surface area contributed by atoms with Gasteiger partial charge in [0.1, 0.15) is 6.07 Å². The molecule has 19 heavy (non-hydrogen) atoms. The summed E-state index contributed by atoms with van der Waals surface area (Å²) < 4.78 is 0. The molecule has 0 aromatic heterocycles. The van der Waals surface area contributed by atoms with E-state index in [4.69, 9.17) is 6.57 Å². The molecule has 0 aliphatic heterocycles. The Morgan fingerprint density at radius 2 is 1.89 bits per heavy atom. The van der Waals surface area contributed by atoms with Gasteiger partial charge in [0, 0.05) is 6.54 Å². The highest BCUT2D eigenvalue weighted by atomic mass is 14.9. The fraction of sp³-hybridized carbons (Fsp3) is 0.125. The summed E-state index contributed by atoms with van der Waals surface area (Å²) in [6.45, 7) is 7.82. The minimum absolute atomic E-state index is 0.240. The molecule has 0 bridgehead atoms. The summed E-state index contributed by atoms with van der Waals surface area (Å²) in [6, 6.07) is 17.7. The normalized spacial score (nSPS) is 9.37. The van der Waals surface area contributed by atoms with Crippen molar-refractivity contribution in [3.8, 4) is 6.07 Å². The highest BCUT2D eigenvalue weighted by Gasteiger charge is 2.09. The van der Waals surface area contributed by atoms with E-state index in [1.54, 1.807) is 0 Å². The van der Waals surface area contributed by atoms with Crippen LogP contribution in [-0.2, 0) is 13.1 Å². The molecule has 0 saturated carbocycles. The zero-order valence-electron chi connectivity index (χ0n) is 10.4. The number of nitriles is 1. The third-order valence-corrected chi connectivity index (χ3v) is 2.84. The molecule has 0 aliphatic rings. The molecular weight excluding hydrogens is 234 g/mol. The average Bonchev–Trinajstić information content (AvgIpc) is 2.46. The first-order valence-electron chi connectivity index (χ1n) is 5.98. The van der Waals surface area contributed by atoms with E-state index >= 15 is 0 Å². The van der Waals surface area contributed by atoms with Gasteiger partial charge >= 0.3 is 0 Å². The van der Waals surface area contributed by atoms with E-state index in [2.05, 4.69) is 16.2 Å². The van der Waals surface area contributed by atoms with Crippen molar-refractivity contribution in [2.75, 3.05) is 5.32 Å². The van der Waals surface area contributed by atoms with E-state index in [9.17, 15) is 5.26 Å². The molecule has 0 aliphatic carbocycles. The molecule has 3 heteroatoms. The van der Waals surface area contributed by atoms with Gasteiger partial charge in [-0.05, 0) is 11.6 Å². The largest absolute Gasteiger partial charge is 0.380 e. The lowest BCUT2D eigenvalue weighted by Gasteiger charge is -2.09. The first-order chi connectivity index (χ1) is 9.35. The first kappa shape index (κ1) is 12.7. The van der Waals surface area contributed by atoms with Gasteiger partial charge in [0.05, 0.1) is 16.8 Å². The van der Waals surface area contributed by atoms with Crippen LogP contribution in [0.4, 0.5) is 5.69 Å². The zero-order chi connectivity index (χ0) is 13.5. The monoisotopic (exact) mass is 247 g/mol. The van der Waals surface area contributed by atoms with Crippen molar-refractivity contribution in [2.45, 2.75) is 13.1 Å². The van der Waals surface area contributed by atoms with E-state index in [1.807, 2.05) is 48.5 Å². The van der Waals surface area contributed by atoms with Crippen LogP contribution in [0.3, 0.4) is 0 Å². The van der Waals surface area contributed by atoms with Crippen LogP contribution < -0.4 is 5.32 Å². The van der Waals surface area contributed by atoms with Crippen LogP contribution in [0.1, 0.15) is 16.7 Å². The molecule has 2 aromatic rings. The zero-order valence-corrected chi connectivity index (χ0v) is 10.4. The van der Waals surface area contributed by atoms with Gasteiger partial charge in [-0.1, -0.05) is 42.5 Å². The predicted molar refractivity (Wildman–Crippen MR) is 75.2 cm³/mol. The van der Waals surface area contributed by atoms with Crippen LogP contribution in [0.15, 0.2) is 48.5 Å². The smallest absolute Gasteiger partial charge is 0.241 e. The molecule has 1 N–H and O–H groups in total. The maximum Gasteiger partial charge on any atom is 0.241 e. The number of hydrogen-bond acceptors (Lipinski definition) is 2. The second-order valence-corrected chi connectivity index (χ2v) is 4.11. The van der Waals surface area contributed by atoms with Gasteiger partial charge in [0.25, 0.3) is 0 Å². The van der Waals surface area contributed by atoms with Gasteiger partial charge in [-0.25, -0.2) is 6.57 Å². The molecule has 0 radical (unpaired) electrons. The lowest BCUT2D eigenvalue weighted by molar-refractivity contribution is 1.13. The molecule has 2 aromatic carbocycles. The Morgan fingerprint density at radius 1 is 1.11 bits per heavy atom. The number of anilines is 1. The molecule has 0 saturated heterocycles. The molecule has 0 atom stereocenters. The summed E-state index contributed by atoms with van der Waals surface area (Å²) in [5, 5.41) is 12.5. The Kier molecular flexibility index (Phi) is 4.16. The highest BCUT2D eigenvalue weighted by molar-refractivity contribution is 5.61. The van der Waals surface area contributed by atoms with Crippen molar-refractivity contribution >= 4 is 5.69 Å². The molecule has 92 valence electrons. The number of benzene rings is 2. The van der Waals surface area contributed by atoms with Crippen molar-refractivity contribution < 1.29 is 0 Å². The fourth-order valence-electron chi connectivity index (χ4n) is 1.89. The quantitative estimate of drug-likeness (QED) is 0.839. The highest BCUT2D eigenvalue weighted by Crippen LogP contribution is 2.20. The summed E-state index contributed by atoms with van der Waals surface area (Å²) in [5.41, 5.74) is 3.28. The summed E-state index contributed by atoms with van der Waals surface area (Å²) in [7, 11) is 0. The SMILES string of the molecule is [C-]#[N+]Cc1cccc(NCc2ccccc2)c1C#N. The van der Waals surface area contributed by atoms with Crippen LogP contribution >= 0.6 is 0 Å². The van der Waals surface area contributed by atoms with Crippen molar-refractivity contribution in [1.29, 1.82) is 5.26 Å². The molecular formula is C16H13N3. The Hall–Kier alpha value is -2.78. The van der Waals surface area contributed by atoms with Gasteiger partial charge in [-0.15, -0.1) is 0 Å². The maximum absolute atomic E-state index is 9.23. The van der Waals surface area contributed by atoms with Gasteiger partial charge in [-0.3, -0.25) is 0 Å². The van der Waals surface area contributed by atoms with Gasteiger partial charge in [0.2, 0.25) is 6.54 Å². The molecule has 0 heterocycles. The molecule has 0 fully saturated rings. The fourth-order valence-corrected chi connectivity index (χ4v) is 1.89. The lowest BCUT2D eigenvalue weighted by Crippen LogP contribution is -2.02. The van der Waals surface area contributed by atoms with Crippen molar-refractivity contribution in [1.82, 2.24) is 0 Å². The Morgan fingerprint density at radius 3 is 2.58 bits per heavy atom. The van der Waals surface area contributed by atoms with E-state index in [0.717, 1.165) is 16.8 Å². The molecule has 0 amide bonds. The van der Waals surface area contributed by atoms with Crippen LogP contribution in [0.25, 0.3) is 4.85 Å². The average molecular weight is 247 g/mol. The van der Waals surface area contributed by atoms with Crippen LogP contribution in [-0.4, -0.2) is 0 Å². The van der Waals surface area contributed by atoms with Crippen LogP contribution in [0.5, 0.6) is 0 Å². The number of rotatable bonds is 4. The minimum atomic E-state index is 0.240. The Bertz CT molecular complexity index is 633. The van der Waals surface area contributed by atoms with Gasteiger partial charge in [-0.2, -0.15) is 5.26 Å². The number of nitrogens with zero attached hydrogens (tertiary/aromatic N) is 2. The second-order valence-electron chi connectivity index (χ2n) is 4.11. The summed E-state index contributed by atoms with van der Waals surface area (Å²) in [4.78, 5) is 3.35. The molecule has 3 nitrogen and oxygen atoms in total. The van der Waals surface area contributed by atoms with E-state index in [1.165, 1.54) is 0 Å². The van der Waals surface area contributed by atoms with E-state index < -0.39 is 0 Å². The Balaban J connectivity index is 2.19. The number of nitrogens with one attached hydrogen (secondary N) is 1. The van der Waals surface area contributed by atoms with E-state index in [0.29, 0.717) is 12.1 Å². The second kappa shape index (κ2) is 6.23. The molecule has 2 rings (SSSR count).